The number of amides is 1. The Morgan fingerprint density at radius 3 is 2.73 bits per heavy atom. The Kier molecular flexibility index (Phi) is 5.43. The fraction of sp³-hybridized carbons (Fsp3) is 0.222. The van der Waals surface area contributed by atoms with Gasteiger partial charge in [-0.05, 0) is 44.2 Å². The smallest absolute Gasteiger partial charge is 0.339 e. The third-order valence-corrected chi connectivity index (χ3v) is 4.40. The van der Waals surface area contributed by atoms with Crippen molar-refractivity contribution in [2.75, 3.05) is 11.9 Å². The van der Waals surface area contributed by atoms with Gasteiger partial charge in [-0.15, -0.1) is 0 Å². The van der Waals surface area contributed by atoms with E-state index in [0.717, 1.165) is 16.0 Å². The summed E-state index contributed by atoms with van der Waals surface area (Å²) in [4.78, 5) is 32.5. The highest BCUT2D eigenvalue weighted by Gasteiger charge is 2.20. The number of hydrogen-bond donors (Lipinski definition) is 1. The molecule has 0 aliphatic carbocycles. The minimum atomic E-state index is -0.957. The van der Waals surface area contributed by atoms with Gasteiger partial charge in [-0.25, -0.2) is 9.78 Å². The van der Waals surface area contributed by atoms with Gasteiger partial charge in [-0.3, -0.25) is 15.1 Å². The first-order valence-electron chi connectivity index (χ1n) is 8.02. The fourth-order valence-electron chi connectivity index (χ4n) is 2.19. The SMILES string of the molecule is CCOc1ccc2nc(NC(=O)C(C)OC(=O)c3ccncc3)sc2c1. The Labute approximate surface area is 154 Å². The molecule has 2 aromatic heterocycles. The summed E-state index contributed by atoms with van der Waals surface area (Å²) in [7, 11) is 0. The molecule has 2 heterocycles. The van der Waals surface area contributed by atoms with Crippen LogP contribution in [-0.4, -0.2) is 34.6 Å². The number of carbonyl (C=O) groups is 2. The molecule has 0 radical (unpaired) electrons. The number of benzene rings is 1. The van der Waals surface area contributed by atoms with E-state index in [-0.39, 0.29) is 0 Å². The van der Waals surface area contributed by atoms with Gasteiger partial charge in [0.05, 0.1) is 22.4 Å². The fourth-order valence-corrected chi connectivity index (χ4v) is 3.09. The first-order chi connectivity index (χ1) is 12.6. The van der Waals surface area contributed by atoms with E-state index in [4.69, 9.17) is 9.47 Å². The lowest BCUT2D eigenvalue weighted by molar-refractivity contribution is -0.123. The zero-order valence-electron chi connectivity index (χ0n) is 14.3. The van der Waals surface area contributed by atoms with Crippen LogP contribution in [0.1, 0.15) is 24.2 Å². The van der Waals surface area contributed by atoms with Crippen molar-refractivity contribution < 1.29 is 19.1 Å². The molecule has 7 nitrogen and oxygen atoms in total. The molecule has 134 valence electrons. The lowest BCUT2D eigenvalue weighted by atomic mass is 10.3. The molecule has 1 aromatic carbocycles. The van der Waals surface area contributed by atoms with Crippen LogP contribution in [0.25, 0.3) is 10.2 Å². The number of nitrogens with zero attached hydrogens (tertiary/aromatic N) is 2. The summed E-state index contributed by atoms with van der Waals surface area (Å²) in [5, 5.41) is 3.11. The lowest BCUT2D eigenvalue weighted by Gasteiger charge is -2.12. The van der Waals surface area contributed by atoms with E-state index in [1.165, 1.54) is 42.8 Å². The Balaban J connectivity index is 1.65. The lowest BCUT2D eigenvalue weighted by Crippen LogP contribution is -2.29. The van der Waals surface area contributed by atoms with Crippen LogP contribution < -0.4 is 10.1 Å². The van der Waals surface area contributed by atoms with Crippen molar-refractivity contribution >= 4 is 38.6 Å². The Bertz CT molecular complexity index is 927. The first-order valence-corrected chi connectivity index (χ1v) is 8.83. The second-order valence-electron chi connectivity index (χ2n) is 5.35. The predicted octanol–water partition coefficient (Wildman–Crippen LogP) is 3.27. The van der Waals surface area contributed by atoms with Crippen molar-refractivity contribution in [1.29, 1.82) is 0 Å². The number of rotatable bonds is 6. The van der Waals surface area contributed by atoms with Gasteiger partial charge in [0.1, 0.15) is 5.75 Å². The molecule has 26 heavy (non-hydrogen) atoms. The van der Waals surface area contributed by atoms with E-state index < -0.39 is 18.0 Å². The molecular formula is C18H17N3O4S. The van der Waals surface area contributed by atoms with Gasteiger partial charge in [0, 0.05) is 12.4 Å². The molecule has 0 saturated carbocycles. The van der Waals surface area contributed by atoms with Crippen molar-refractivity contribution in [3.63, 3.8) is 0 Å². The average Bonchev–Trinajstić information content (AvgIpc) is 3.04. The number of esters is 1. The number of nitrogens with one attached hydrogen (secondary N) is 1. The maximum absolute atomic E-state index is 12.3. The molecule has 8 heteroatoms. The molecule has 0 bridgehead atoms. The molecule has 1 amide bonds. The number of hydrogen-bond acceptors (Lipinski definition) is 7. The Morgan fingerprint density at radius 2 is 2.00 bits per heavy atom. The highest BCUT2D eigenvalue weighted by Crippen LogP contribution is 2.29. The van der Waals surface area contributed by atoms with Crippen LogP contribution in [0.3, 0.4) is 0 Å². The number of ether oxygens (including phenoxy) is 2. The van der Waals surface area contributed by atoms with Crippen molar-refractivity contribution in [3.05, 3.63) is 48.3 Å². The third kappa shape index (κ3) is 4.15. The first kappa shape index (κ1) is 17.8. The van der Waals surface area contributed by atoms with Gasteiger partial charge in [-0.2, -0.15) is 0 Å². The van der Waals surface area contributed by atoms with Crippen molar-refractivity contribution in [3.8, 4) is 5.75 Å². The maximum Gasteiger partial charge on any atom is 0.339 e. The van der Waals surface area contributed by atoms with E-state index >= 15 is 0 Å². The molecule has 1 unspecified atom stereocenters. The summed E-state index contributed by atoms with van der Waals surface area (Å²) in [6.07, 6.45) is 2.01. The van der Waals surface area contributed by atoms with Crippen LogP contribution in [0.2, 0.25) is 0 Å². The Hall–Kier alpha value is -3.00. The zero-order chi connectivity index (χ0) is 18.5. The van der Waals surface area contributed by atoms with E-state index in [2.05, 4.69) is 15.3 Å². The van der Waals surface area contributed by atoms with E-state index in [9.17, 15) is 9.59 Å². The van der Waals surface area contributed by atoms with Crippen LogP contribution in [-0.2, 0) is 9.53 Å². The summed E-state index contributed by atoms with van der Waals surface area (Å²) in [6.45, 7) is 4.00. The van der Waals surface area contributed by atoms with Crippen molar-refractivity contribution in [1.82, 2.24) is 9.97 Å². The monoisotopic (exact) mass is 371 g/mol. The molecule has 3 aromatic rings. The van der Waals surface area contributed by atoms with E-state index in [1.54, 1.807) is 0 Å². The van der Waals surface area contributed by atoms with Crippen LogP contribution >= 0.6 is 11.3 Å². The van der Waals surface area contributed by atoms with Gasteiger partial charge in [0.2, 0.25) is 0 Å². The topological polar surface area (TPSA) is 90.4 Å². The van der Waals surface area contributed by atoms with E-state index in [0.29, 0.717) is 17.3 Å². The molecular weight excluding hydrogens is 354 g/mol. The number of thiazole rings is 1. The largest absolute Gasteiger partial charge is 0.494 e. The summed E-state index contributed by atoms with van der Waals surface area (Å²) in [5.41, 5.74) is 1.10. The number of pyridine rings is 1. The second kappa shape index (κ2) is 7.92. The number of anilines is 1. The molecule has 0 aliphatic rings. The van der Waals surface area contributed by atoms with Gasteiger partial charge in [0.25, 0.3) is 5.91 Å². The standard InChI is InChI=1S/C18H17N3O4S/c1-3-24-13-4-5-14-15(10-13)26-18(20-14)21-16(22)11(2)25-17(23)12-6-8-19-9-7-12/h4-11H,3H2,1-2H3,(H,20,21,22). The third-order valence-electron chi connectivity index (χ3n) is 3.47. The second-order valence-corrected chi connectivity index (χ2v) is 6.38. The normalized spacial score (nSPS) is 11.8. The predicted molar refractivity (Wildman–Crippen MR) is 98.5 cm³/mol. The highest BCUT2D eigenvalue weighted by atomic mass is 32.1. The van der Waals surface area contributed by atoms with Crippen LogP contribution in [0, 0.1) is 0 Å². The minimum absolute atomic E-state index is 0.336. The van der Waals surface area contributed by atoms with Crippen LogP contribution in [0.15, 0.2) is 42.7 Å². The summed E-state index contributed by atoms with van der Waals surface area (Å²) >= 11 is 1.33. The summed E-state index contributed by atoms with van der Waals surface area (Å²) in [5.74, 6) is -0.279. The highest BCUT2D eigenvalue weighted by molar-refractivity contribution is 7.22. The molecule has 1 N–H and O–H groups in total. The number of fused-ring (bicyclic) bond motifs is 1. The van der Waals surface area contributed by atoms with Gasteiger partial charge in [-0.1, -0.05) is 11.3 Å². The number of aromatic nitrogens is 2. The summed E-state index contributed by atoms with van der Waals surface area (Å²) in [6, 6.07) is 8.58. The van der Waals surface area contributed by atoms with Gasteiger partial charge >= 0.3 is 5.97 Å². The molecule has 0 fully saturated rings. The average molecular weight is 371 g/mol. The number of carbonyl (C=O) groups excluding carboxylic acids is 2. The van der Waals surface area contributed by atoms with Gasteiger partial charge in [0.15, 0.2) is 11.2 Å². The quantitative estimate of drug-likeness (QED) is 0.669. The van der Waals surface area contributed by atoms with Crippen molar-refractivity contribution in [2.45, 2.75) is 20.0 Å². The summed E-state index contributed by atoms with van der Waals surface area (Å²) < 4.78 is 11.5. The van der Waals surface area contributed by atoms with Crippen LogP contribution in [0.5, 0.6) is 5.75 Å². The Morgan fingerprint density at radius 1 is 1.23 bits per heavy atom. The van der Waals surface area contributed by atoms with Crippen molar-refractivity contribution in [2.24, 2.45) is 0 Å². The molecule has 0 spiro atoms. The van der Waals surface area contributed by atoms with Crippen LogP contribution in [0.4, 0.5) is 5.13 Å². The molecule has 0 aliphatic heterocycles. The van der Waals surface area contributed by atoms with Gasteiger partial charge < -0.3 is 9.47 Å². The maximum atomic E-state index is 12.3. The minimum Gasteiger partial charge on any atom is -0.494 e. The molecule has 0 saturated heterocycles. The molecule has 1 atom stereocenters. The zero-order valence-corrected chi connectivity index (χ0v) is 15.1. The van der Waals surface area contributed by atoms with E-state index in [1.807, 2.05) is 25.1 Å². The molecule has 3 rings (SSSR count).